The van der Waals surface area contributed by atoms with Crippen molar-refractivity contribution in [3.63, 3.8) is 0 Å². The molecular formula is C12H12ClN3O2S. The van der Waals surface area contributed by atoms with E-state index in [0.29, 0.717) is 18.8 Å². The van der Waals surface area contributed by atoms with Crippen molar-refractivity contribution in [2.24, 2.45) is 0 Å². The van der Waals surface area contributed by atoms with Crippen LogP contribution >= 0.6 is 22.9 Å². The summed E-state index contributed by atoms with van der Waals surface area (Å²) in [6.45, 7) is 2.68. The van der Waals surface area contributed by atoms with Crippen LogP contribution in [-0.2, 0) is 4.79 Å². The molecular weight excluding hydrogens is 286 g/mol. The van der Waals surface area contributed by atoms with Gasteiger partial charge in [-0.25, -0.2) is 9.78 Å². The van der Waals surface area contributed by atoms with Gasteiger partial charge < -0.3 is 10.0 Å². The molecule has 0 aliphatic carbocycles. The van der Waals surface area contributed by atoms with Crippen molar-refractivity contribution >= 4 is 44.9 Å². The van der Waals surface area contributed by atoms with E-state index in [9.17, 15) is 9.90 Å². The fraction of sp³-hybridized carbons (Fsp3) is 0.417. The molecule has 1 fully saturated rings. The summed E-state index contributed by atoms with van der Waals surface area (Å²) in [6, 6.07) is 1.47. The molecule has 19 heavy (non-hydrogen) atoms. The van der Waals surface area contributed by atoms with Crippen molar-refractivity contribution in [2.75, 3.05) is 11.4 Å². The molecule has 0 saturated carbocycles. The topological polar surface area (TPSA) is 66.3 Å². The third kappa shape index (κ3) is 2.15. The molecule has 1 aliphatic rings. The fourth-order valence-electron chi connectivity index (χ4n) is 2.50. The van der Waals surface area contributed by atoms with Crippen molar-refractivity contribution in [3.05, 3.63) is 16.2 Å². The number of nitrogens with zero attached hydrogens (tertiary/aromatic N) is 3. The number of anilines is 1. The smallest absolute Gasteiger partial charge is 0.326 e. The molecule has 5 nitrogen and oxygen atoms in total. The molecule has 1 saturated heterocycles. The summed E-state index contributed by atoms with van der Waals surface area (Å²) in [7, 11) is 0. The zero-order chi connectivity index (χ0) is 13.6. The molecule has 1 N–H and O–H groups in total. The number of hydrogen-bond donors (Lipinski definition) is 1. The van der Waals surface area contributed by atoms with Crippen LogP contribution in [0.25, 0.3) is 10.2 Å². The van der Waals surface area contributed by atoms with Crippen LogP contribution in [0.1, 0.15) is 17.7 Å². The minimum atomic E-state index is -0.813. The maximum absolute atomic E-state index is 11.3. The van der Waals surface area contributed by atoms with Gasteiger partial charge in [-0.1, -0.05) is 0 Å². The van der Waals surface area contributed by atoms with E-state index >= 15 is 0 Å². The Morgan fingerprint density at radius 2 is 2.37 bits per heavy atom. The summed E-state index contributed by atoms with van der Waals surface area (Å²) in [5.74, 6) is -0.170. The van der Waals surface area contributed by atoms with Crippen LogP contribution in [0.5, 0.6) is 0 Å². The molecule has 0 amide bonds. The van der Waals surface area contributed by atoms with Crippen LogP contribution in [0, 0.1) is 6.92 Å². The van der Waals surface area contributed by atoms with E-state index < -0.39 is 12.0 Å². The molecule has 0 spiro atoms. The molecule has 0 aromatic carbocycles. The molecule has 0 radical (unpaired) electrons. The van der Waals surface area contributed by atoms with Crippen molar-refractivity contribution in [3.8, 4) is 0 Å². The molecule has 100 valence electrons. The van der Waals surface area contributed by atoms with Crippen molar-refractivity contribution in [1.29, 1.82) is 0 Å². The number of fused-ring (bicyclic) bond motifs is 1. The summed E-state index contributed by atoms with van der Waals surface area (Å²) in [6.07, 6.45) is 1.49. The highest BCUT2D eigenvalue weighted by molar-refractivity contribution is 7.18. The monoisotopic (exact) mass is 297 g/mol. The van der Waals surface area contributed by atoms with E-state index in [-0.39, 0.29) is 5.28 Å². The lowest BCUT2D eigenvalue weighted by molar-refractivity contribution is -0.138. The van der Waals surface area contributed by atoms with Gasteiger partial charge in [-0.05, 0) is 37.4 Å². The number of aliphatic carboxylic acids is 1. The molecule has 1 unspecified atom stereocenters. The molecule has 7 heteroatoms. The second-order valence-electron chi connectivity index (χ2n) is 4.58. The molecule has 3 rings (SSSR count). The SMILES string of the molecule is Cc1cc2c(N3CCCC3C(=O)O)nc(Cl)nc2s1. The second-order valence-corrected chi connectivity index (χ2v) is 6.15. The Morgan fingerprint density at radius 3 is 3.11 bits per heavy atom. The van der Waals surface area contributed by atoms with Crippen LogP contribution in [-0.4, -0.2) is 33.6 Å². The quantitative estimate of drug-likeness (QED) is 0.863. The summed E-state index contributed by atoms with van der Waals surface area (Å²) < 4.78 is 0. The van der Waals surface area contributed by atoms with Gasteiger partial charge >= 0.3 is 5.97 Å². The summed E-state index contributed by atoms with van der Waals surface area (Å²) in [4.78, 5) is 23.5. The first-order chi connectivity index (χ1) is 9.06. The Morgan fingerprint density at radius 1 is 1.58 bits per heavy atom. The standard InChI is InChI=1S/C12H12ClN3O2S/c1-6-5-7-9(14-12(13)15-10(7)19-6)16-4-2-3-8(16)11(17)18/h5,8H,2-4H2,1H3,(H,17,18). The highest BCUT2D eigenvalue weighted by Crippen LogP contribution is 2.34. The fourth-order valence-corrected chi connectivity index (χ4v) is 3.59. The van der Waals surface area contributed by atoms with Crippen LogP contribution in [0.2, 0.25) is 5.28 Å². The second kappa shape index (κ2) is 4.61. The van der Waals surface area contributed by atoms with E-state index in [1.54, 1.807) is 0 Å². The first kappa shape index (κ1) is 12.6. The zero-order valence-electron chi connectivity index (χ0n) is 10.3. The van der Waals surface area contributed by atoms with Crippen LogP contribution in [0.4, 0.5) is 5.82 Å². The number of thiophene rings is 1. The van der Waals surface area contributed by atoms with Gasteiger partial charge in [0, 0.05) is 11.4 Å². The maximum atomic E-state index is 11.3. The van der Waals surface area contributed by atoms with Gasteiger partial charge in [0.15, 0.2) is 0 Å². The number of hydrogen-bond acceptors (Lipinski definition) is 5. The van der Waals surface area contributed by atoms with Gasteiger partial charge in [0.2, 0.25) is 5.28 Å². The number of carbonyl (C=O) groups is 1. The third-order valence-electron chi connectivity index (χ3n) is 3.28. The van der Waals surface area contributed by atoms with E-state index in [0.717, 1.165) is 21.5 Å². The van der Waals surface area contributed by atoms with Crippen molar-refractivity contribution in [1.82, 2.24) is 9.97 Å². The molecule has 2 aromatic rings. The van der Waals surface area contributed by atoms with Gasteiger partial charge in [-0.15, -0.1) is 11.3 Å². The highest BCUT2D eigenvalue weighted by Gasteiger charge is 2.33. The van der Waals surface area contributed by atoms with Gasteiger partial charge in [0.25, 0.3) is 0 Å². The largest absolute Gasteiger partial charge is 0.480 e. The predicted molar refractivity (Wildman–Crippen MR) is 75.2 cm³/mol. The molecule has 1 aliphatic heterocycles. The average molecular weight is 298 g/mol. The summed E-state index contributed by atoms with van der Waals surface area (Å²) >= 11 is 7.49. The average Bonchev–Trinajstić information content (AvgIpc) is 2.92. The number of rotatable bonds is 2. The van der Waals surface area contributed by atoms with E-state index in [1.165, 1.54) is 11.3 Å². The lowest BCUT2D eigenvalue weighted by atomic mass is 10.2. The van der Waals surface area contributed by atoms with Crippen molar-refractivity contribution in [2.45, 2.75) is 25.8 Å². The zero-order valence-corrected chi connectivity index (χ0v) is 11.8. The van der Waals surface area contributed by atoms with E-state index in [2.05, 4.69) is 9.97 Å². The van der Waals surface area contributed by atoms with E-state index in [1.807, 2.05) is 17.9 Å². The maximum Gasteiger partial charge on any atom is 0.326 e. The molecule has 0 bridgehead atoms. The first-order valence-corrected chi connectivity index (χ1v) is 7.19. The Labute approximate surface area is 118 Å². The van der Waals surface area contributed by atoms with Crippen molar-refractivity contribution < 1.29 is 9.90 Å². The summed E-state index contributed by atoms with van der Waals surface area (Å²) in [5, 5.41) is 10.3. The Kier molecular flexibility index (Phi) is 3.06. The number of aromatic nitrogens is 2. The predicted octanol–water partition coefficient (Wildman–Crippen LogP) is 2.71. The van der Waals surface area contributed by atoms with Gasteiger partial charge in [-0.2, -0.15) is 4.98 Å². The number of carboxylic acid groups (broad SMARTS) is 1. The third-order valence-corrected chi connectivity index (χ3v) is 4.39. The molecule has 1 atom stereocenters. The van der Waals surface area contributed by atoms with Gasteiger partial charge in [0.1, 0.15) is 16.7 Å². The minimum Gasteiger partial charge on any atom is -0.480 e. The lowest BCUT2D eigenvalue weighted by Gasteiger charge is -2.23. The Hall–Kier alpha value is -1.40. The Balaban J connectivity index is 2.16. The van der Waals surface area contributed by atoms with Gasteiger partial charge in [0.05, 0.1) is 5.39 Å². The van der Waals surface area contributed by atoms with E-state index in [4.69, 9.17) is 11.6 Å². The number of aryl methyl sites for hydroxylation is 1. The molecule has 3 heterocycles. The molecule has 2 aromatic heterocycles. The highest BCUT2D eigenvalue weighted by atomic mass is 35.5. The Bertz CT molecular complexity index is 658. The first-order valence-electron chi connectivity index (χ1n) is 5.99. The number of carboxylic acids is 1. The normalized spacial score (nSPS) is 19.3. The van der Waals surface area contributed by atoms with Gasteiger partial charge in [-0.3, -0.25) is 0 Å². The van der Waals surface area contributed by atoms with Crippen LogP contribution in [0.3, 0.4) is 0 Å². The number of halogens is 1. The summed E-state index contributed by atoms with van der Waals surface area (Å²) in [5.41, 5.74) is 0. The van der Waals surface area contributed by atoms with Crippen LogP contribution < -0.4 is 4.90 Å². The minimum absolute atomic E-state index is 0.167. The lowest BCUT2D eigenvalue weighted by Crippen LogP contribution is -2.36. The van der Waals surface area contributed by atoms with Crippen LogP contribution in [0.15, 0.2) is 6.07 Å².